The standard InChI is InChI=1S/C7H10F3NO2S/c1-3(2)4(5(12)14)11-6(13)7(8,9)10/h3-4H,1-2H3,(H,11,13)(H,12,14)/t4-/m0/s1. The molecule has 0 radical (unpaired) electrons. The van der Waals surface area contributed by atoms with Crippen molar-refractivity contribution in [2.24, 2.45) is 5.92 Å². The minimum Gasteiger partial charge on any atom is -0.337 e. The van der Waals surface area contributed by atoms with Gasteiger partial charge in [0.05, 0.1) is 0 Å². The average Bonchev–Trinajstić information content (AvgIpc) is 1.96. The Morgan fingerprint density at radius 1 is 1.29 bits per heavy atom. The van der Waals surface area contributed by atoms with E-state index in [-0.39, 0.29) is 0 Å². The number of carbonyl (C=O) groups is 2. The van der Waals surface area contributed by atoms with Crippen molar-refractivity contribution in [2.45, 2.75) is 26.1 Å². The van der Waals surface area contributed by atoms with E-state index in [1.54, 1.807) is 5.32 Å². The summed E-state index contributed by atoms with van der Waals surface area (Å²) >= 11 is 3.38. The molecule has 0 spiro atoms. The largest absolute Gasteiger partial charge is 0.471 e. The van der Waals surface area contributed by atoms with Gasteiger partial charge >= 0.3 is 12.1 Å². The second kappa shape index (κ2) is 4.68. The summed E-state index contributed by atoms with van der Waals surface area (Å²) in [5.41, 5.74) is 0. The molecule has 3 nitrogen and oxygen atoms in total. The molecule has 0 aliphatic rings. The highest BCUT2D eigenvalue weighted by Gasteiger charge is 2.40. The Balaban J connectivity index is 4.48. The number of alkyl halides is 3. The number of nitrogens with one attached hydrogen (secondary N) is 1. The SMILES string of the molecule is CC(C)[C@H](NC(=O)C(F)(F)F)C(=O)S. The third kappa shape index (κ3) is 3.99. The minimum absolute atomic E-state index is 0.439. The quantitative estimate of drug-likeness (QED) is 0.713. The van der Waals surface area contributed by atoms with E-state index >= 15 is 0 Å². The van der Waals surface area contributed by atoms with Gasteiger partial charge in [0, 0.05) is 0 Å². The number of carbonyl (C=O) groups excluding carboxylic acids is 2. The Labute approximate surface area is 84.5 Å². The van der Waals surface area contributed by atoms with Crippen LogP contribution in [0, 0.1) is 5.92 Å². The van der Waals surface area contributed by atoms with Crippen molar-refractivity contribution < 1.29 is 22.8 Å². The summed E-state index contributed by atoms with van der Waals surface area (Å²) < 4.78 is 35.4. The molecule has 0 aromatic carbocycles. The molecule has 0 aliphatic carbocycles. The highest BCUT2D eigenvalue weighted by molar-refractivity contribution is 7.96. The summed E-state index contributed by atoms with van der Waals surface area (Å²) in [6, 6.07) is -1.22. The first-order valence-corrected chi connectivity index (χ1v) is 4.21. The van der Waals surface area contributed by atoms with E-state index in [0.717, 1.165) is 0 Å². The van der Waals surface area contributed by atoms with Crippen molar-refractivity contribution in [1.29, 1.82) is 0 Å². The van der Waals surface area contributed by atoms with Gasteiger partial charge in [-0.1, -0.05) is 13.8 Å². The molecule has 0 heterocycles. The second-order valence-corrected chi connectivity index (χ2v) is 3.47. The second-order valence-electron chi connectivity index (χ2n) is 3.03. The molecule has 0 rings (SSSR count). The number of rotatable bonds is 3. The summed E-state index contributed by atoms with van der Waals surface area (Å²) in [6.07, 6.45) is -4.98. The van der Waals surface area contributed by atoms with Crippen LogP contribution >= 0.6 is 12.6 Å². The maximum absolute atomic E-state index is 11.8. The average molecular weight is 229 g/mol. The Hall–Kier alpha value is -0.720. The van der Waals surface area contributed by atoms with Crippen LogP contribution in [0.15, 0.2) is 0 Å². The van der Waals surface area contributed by atoms with Crippen LogP contribution in [0.4, 0.5) is 13.2 Å². The molecule has 0 fully saturated rings. The van der Waals surface area contributed by atoms with Crippen molar-refractivity contribution in [2.75, 3.05) is 0 Å². The lowest BCUT2D eigenvalue weighted by molar-refractivity contribution is -0.174. The molecular weight excluding hydrogens is 219 g/mol. The fourth-order valence-corrected chi connectivity index (χ4v) is 1.10. The van der Waals surface area contributed by atoms with Crippen LogP contribution in [0.5, 0.6) is 0 Å². The molecule has 7 heteroatoms. The van der Waals surface area contributed by atoms with Gasteiger partial charge in [-0.25, -0.2) is 0 Å². The third-order valence-electron chi connectivity index (χ3n) is 1.48. The van der Waals surface area contributed by atoms with Gasteiger partial charge in [-0.3, -0.25) is 9.59 Å². The minimum atomic E-state index is -4.98. The molecule has 0 saturated heterocycles. The molecule has 0 unspecified atom stereocenters. The van der Waals surface area contributed by atoms with Gasteiger partial charge in [-0.2, -0.15) is 13.2 Å². The van der Waals surface area contributed by atoms with Gasteiger partial charge in [-0.05, 0) is 5.92 Å². The maximum Gasteiger partial charge on any atom is 0.471 e. The van der Waals surface area contributed by atoms with E-state index in [1.165, 1.54) is 13.8 Å². The first-order chi connectivity index (χ1) is 6.16. The molecule has 14 heavy (non-hydrogen) atoms. The van der Waals surface area contributed by atoms with E-state index in [4.69, 9.17) is 0 Å². The Morgan fingerprint density at radius 2 is 1.71 bits per heavy atom. The van der Waals surface area contributed by atoms with Gasteiger partial charge in [0.2, 0.25) is 5.12 Å². The van der Waals surface area contributed by atoms with E-state index < -0.39 is 29.2 Å². The maximum atomic E-state index is 11.8. The normalized spacial score (nSPS) is 13.9. The van der Waals surface area contributed by atoms with Crippen LogP contribution in [0.3, 0.4) is 0 Å². The highest BCUT2D eigenvalue weighted by Crippen LogP contribution is 2.16. The van der Waals surface area contributed by atoms with E-state index in [1.807, 2.05) is 0 Å². The molecule has 1 N–H and O–H groups in total. The zero-order chi connectivity index (χ0) is 11.5. The summed E-state index contributed by atoms with van der Waals surface area (Å²) in [7, 11) is 0. The lowest BCUT2D eigenvalue weighted by Gasteiger charge is -2.19. The predicted octanol–water partition coefficient (Wildman–Crippen LogP) is 1.15. The van der Waals surface area contributed by atoms with Crippen LogP contribution in [0.1, 0.15) is 13.8 Å². The van der Waals surface area contributed by atoms with Gasteiger partial charge in [0.1, 0.15) is 6.04 Å². The van der Waals surface area contributed by atoms with Crippen LogP contribution in [0.25, 0.3) is 0 Å². The molecule has 0 saturated carbocycles. The van der Waals surface area contributed by atoms with Crippen LogP contribution < -0.4 is 5.32 Å². The predicted molar refractivity (Wildman–Crippen MR) is 46.8 cm³/mol. The smallest absolute Gasteiger partial charge is 0.337 e. The summed E-state index contributed by atoms with van der Waals surface area (Å²) in [5, 5.41) is 0.772. The number of amides is 1. The zero-order valence-electron chi connectivity index (χ0n) is 7.55. The Bertz CT molecular complexity index is 240. The van der Waals surface area contributed by atoms with Crippen LogP contribution in [0.2, 0.25) is 0 Å². The van der Waals surface area contributed by atoms with Crippen molar-refractivity contribution in [3.8, 4) is 0 Å². The van der Waals surface area contributed by atoms with Crippen molar-refractivity contribution >= 4 is 23.7 Å². The van der Waals surface area contributed by atoms with Gasteiger partial charge in [-0.15, -0.1) is 12.6 Å². The molecule has 82 valence electrons. The van der Waals surface area contributed by atoms with Crippen LogP contribution in [-0.2, 0) is 9.59 Å². The summed E-state index contributed by atoms with van der Waals surface area (Å²) in [5.74, 6) is -2.56. The van der Waals surface area contributed by atoms with E-state index in [9.17, 15) is 22.8 Å². The molecule has 0 aromatic rings. The topological polar surface area (TPSA) is 46.2 Å². The number of hydrogen-bond donors (Lipinski definition) is 2. The van der Waals surface area contributed by atoms with Gasteiger partial charge in [0.15, 0.2) is 0 Å². The fourth-order valence-electron chi connectivity index (χ4n) is 0.737. The van der Waals surface area contributed by atoms with Crippen molar-refractivity contribution in [3.05, 3.63) is 0 Å². The molecule has 0 aliphatic heterocycles. The Kier molecular flexibility index (Phi) is 4.44. The number of thiol groups is 1. The van der Waals surface area contributed by atoms with Crippen molar-refractivity contribution in [3.63, 3.8) is 0 Å². The fraction of sp³-hybridized carbons (Fsp3) is 0.714. The van der Waals surface area contributed by atoms with Crippen LogP contribution in [-0.4, -0.2) is 23.2 Å². The molecule has 1 atom stereocenters. The Morgan fingerprint density at radius 3 is 1.93 bits per heavy atom. The number of hydrogen-bond acceptors (Lipinski definition) is 2. The van der Waals surface area contributed by atoms with Gasteiger partial charge in [0.25, 0.3) is 0 Å². The summed E-state index contributed by atoms with van der Waals surface area (Å²) in [4.78, 5) is 21.2. The third-order valence-corrected chi connectivity index (χ3v) is 1.75. The van der Waals surface area contributed by atoms with E-state index in [2.05, 4.69) is 12.6 Å². The zero-order valence-corrected chi connectivity index (χ0v) is 8.45. The number of halogens is 3. The first-order valence-electron chi connectivity index (χ1n) is 3.76. The lowest BCUT2D eigenvalue weighted by Crippen LogP contribution is -2.48. The van der Waals surface area contributed by atoms with Crippen molar-refractivity contribution in [1.82, 2.24) is 5.32 Å². The molecular formula is C7H10F3NO2S. The van der Waals surface area contributed by atoms with E-state index in [0.29, 0.717) is 0 Å². The highest BCUT2D eigenvalue weighted by atomic mass is 32.1. The molecule has 0 aromatic heterocycles. The monoisotopic (exact) mass is 229 g/mol. The summed E-state index contributed by atoms with van der Waals surface area (Å²) in [6.45, 7) is 3.02. The molecule has 0 bridgehead atoms. The van der Waals surface area contributed by atoms with Gasteiger partial charge < -0.3 is 5.32 Å². The first kappa shape index (κ1) is 13.3. The molecule has 1 amide bonds. The lowest BCUT2D eigenvalue weighted by atomic mass is 10.1.